The third-order valence-corrected chi connectivity index (χ3v) is 6.21. The molecule has 0 bridgehead atoms. The van der Waals surface area contributed by atoms with Gasteiger partial charge in [-0.1, -0.05) is 6.07 Å². The Hall–Kier alpha value is -2.58. The Morgan fingerprint density at radius 1 is 1.21 bits per heavy atom. The number of rotatable bonds is 6. The van der Waals surface area contributed by atoms with Gasteiger partial charge in [0.15, 0.2) is 16.6 Å². The molecule has 2 aromatic carbocycles. The van der Waals surface area contributed by atoms with E-state index in [9.17, 15) is 9.18 Å². The number of aryl methyl sites for hydroxylation is 1. The van der Waals surface area contributed by atoms with Crippen LogP contribution in [0.2, 0.25) is 0 Å². The first-order valence-electron chi connectivity index (χ1n) is 8.60. The van der Waals surface area contributed by atoms with E-state index in [1.54, 1.807) is 12.1 Å². The van der Waals surface area contributed by atoms with Crippen LogP contribution in [0.3, 0.4) is 0 Å². The van der Waals surface area contributed by atoms with Gasteiger partial charge in [-0.3, -0.25) is 4.79 Å². The average molecular weight is 416 g/mol. The number of aromatic nitrogens is 1. The highest BCUT2D eigenvalue weighted by molar-refractivity contribution is 8.00. The number of nitrogens with zero attached hydrogens (tertiary/aromatic N) is 1. The molecule has 4 rings (SSSR count). The minimum absolute atomic E-state index is 0.141. The number of hydrogen-bond donors (Lipinski definition) is 1. The summed E-state index contributed by atoms with van der Waals surface area (Å²) in [5.41, 5.74) is 1.99. The lowest BCUT2D eigenvalue weighted by atomic mass is 10.1. The number of carbonyl (C=O) groups is 1. The van der Waals surface area contributed by atoms with E-state index in [-0.39, 0.29) is 24.3 Å². The number of fused-ring (bicyclic) bond motifs is 1. The van der Waals surface area contributed by atoms with Crippen LogP contribution in [0.15, 0.2) is 47.4 Å². The van der Waals surface area contributed by atoms with E-state index >= 15 is 0 Å². The summed E-state index contributed by atoms with van der Waals surface area (Å²) in [6, 6.07) is 12.0. The Labute approximate surface area is 169 Å². The quantitative estimate of drug-likeness (QED) is 0.593. The van der Waals surface area contributed by atoms with Gasteiger partial charge in [-0.15, -0.1) is 23.1 Å². The number of anilines is 1. The molecule has 1 aliphatic rings. The number of nitrogens with one attached hydrogen (secondary N) is 1. The maximum atomic E-state index is 12.9. The molecule has 1 N–H and O–H groups in total. The van der Waals surface area contributed by atoms with Gasteiger partial charge in [-0.2, -0.15) is 0 Å². The Bertz CT molecular complexity index is 1010. The Morgan fingerprint density at radius 3 is 2.82 bits per heavy atom. The SMILES string of the molecule is Cc1nc(NC(=O)CSc2ccc(F)cc2)sc1Cc1ccc2c(c1)OCO2. The summed E-state index contributed by atoms with van der Waals surface area (Å²) in [7, 11) is 0. The second kappa shape index (κ2) is 8.20. The van der Waals surface area contributed by atoms with E-state index in [0.717, 1.165) is 32.5 Å². The molecule has 1 amide bonds. The van der Waals surface area contributed by atoms with E-state index < -0.39 is 0 Å². The molecule has 0 aliphatic carbocycles. The van der Waals surface area contributed by atoms with Crippen molar-refractivity contribution in [3.8, 4) is 11.5 Å². The van der Waals surface area contributed by atoms with Crippen molar-refractivity contribution in [3.05, 3.63) is 64.4 Å². The Morgan fingerprint density at radius 2 is 2.00 bits per heavy atom. The van der Waals surface area contributed by atoms with Gasteiger partial charge in [-0.25, -0.2) is 9.37 Å². The third-order valence-electron chi connectivity index (χ3n) is 4.12. The van der Waals surface area contributed by atoms with Gasteiger partial charge in [0.05, 0.1) is 11.4 Å². The molecule has 8 heteroatoms. The van der Waals surface area contributed by atoms with Crippen LogP contribution in [-0.4, -0.2) is 23.4 Å². The number of thioether (sulfide) groups is 1. The molecule has 28 heavy (non-hydrogen) atoms. The highest BCUT2D eigenvalue weighted by Gasteiger charge is 2.15. The number of thiazole rings is 1. The molecule has 0 atom stereocenters. The zero-order valence-electron chi connectivity index (χ0n) is 15.0. The third kappa shape index (κ3) is 4.45. The number of ether oxygens (including phenoxy) is 2. The molecule has 0 saturated carbocycles. The molecule has 2 heterocycles. The first-order valence-corrected chi connectivity index (χ1v) is 10.4. The molecule has 0 unspecified atom stereocenters. The summed E-state index contributed by atoms with van der Waals surface area (Å²) in [4.78, 5) is 18.6. The second-order valence-corrected chi connectivity index (χ2v) is 8.32. The van der Waals surface area contributed by atoms with Crippen molar-refractivity contribution in [3.63, 3.8) is 0 Å². The molecule has 144 valence electrons. The van der Waals surface area contributed by atoms with Crippen molar-refractivity contribution in [2.75, 3.05) is 17.9 Å². The van der Waals surface area contributed by atoms with E-state index in [0.29, 0.717) is 11.6 Å². The van der Waals surface area contributed by atoms with Crippen LogP contribution >= 0.6 is 23.1 Å². The number of hydrogen-bond acceptors (Lipinski definition) is 6. The van der Waals surface area contributed by atoms with Crippen molar-refractivity contribution >= 4 is 34.1 Å². The van der Waals surface area contributed by atoms with E-state index in [4.69, 9.17) is 9.47 Å². The van der Waals surface area contributed by atoms with E-state index in [1.807, 2.05) is 25.1 Å². The Kier molecular flexibility index (Phi) is 5.50. The highest BCUT2D eigenvalue weighted by atomic mass is 32.2. The molecule has 3 aromatic rings. The molecule has 1 aromatic heterocycles. The summed E-state index contributed by atoms with van der Waals surface area (Å²) in [5.74, 6) is 1.32. The van der Waals surface area contributed by atoms with Crippen molar-refractivity contribution < 1.29 is 18.7 Å². The largest absolute Gasteiger partial charge is 0.454 e. The highest BCUT2D eigenvalue weighted by Crippen LogP contribution is 2.34. The van der Waals surface area contributed by atoms with Crippen molar-refractivity contribution in [2.24, 2.45) is 0 Å². The van der Waals surface area contributed by atoms with Crippen molar-refractivity contribution in [1.82, 2.24) is 4.98 Å². The second-order valence-electron chi connectivity index (χ2n) is 6.18. The van der Waals surface area contributed by atoms with Crippen molar-refractivity contribution in [2.45, 2.75) is 18.2 Å². The zero-order chi connectivity index (χ0) is 19.5. The van der Waals surface area contributed by atoms with Crippen LogP contribution in [0.25, 0.3) is 0 Å². The predicted octanol–water partition coefficient (Wildman–Crippen LogP) is 4.64. The fraction of sp³-hybridized carbons (Fsp3) is 0.200. The molecular weight excluding hydrogens is 399 g/mol. The van der Waals surface area contributed by atoms with Crippen LogP contribution < -0.4 is 14.8 Å². The summed E-state index contributed by atoms with van der Waals surface area (Å²) in [6.45, 7) is 2.19. The fourth-order valence-corrected chi connectivity index (χ4v) is 4.43. The van der Waals surface area contributed by atoms with Crippen LogP contribution in [0.5, 0.6) is 11.5 Å². The first kappa shape index (κ1) is 18.8. The van der Waals surface area contributed by atoms with Gasteiger partial charge in [-0.05, 0) is 48.9 Å². The minimum atomic E-state index is -0.290. The topological polar surface area (TPSA) is 60.5 Å². The number of amides is 1. The molecule has 0 saturated heterocycles. The standard InChI is InChI=1S/C20H17FN2O3S2/c1-12-18(9-13-2-7-16-17(8-13)26-11-25-16)28-20(22-12)23-19(24)10-27-15-5-3-14(21)4-6-15/h2-8H,9-11H2,1H3,(H,22,23,24). The monoisotopic (exact) mass is 416 g/mol. The molecule has 0 spiro atoms. The van der Waals surface area contributed by atoms with Crippen LogP contribution in [0.1, 0.15) is 16.1 Å². The number of halogens is 1. The Balaban J connectivity index is 1.36. The fourth-order valence-electron chi connectivity index (χ4n) is 2.72. The van der Waals surface area contributed by atoms with Gasteiger partial charge in [0.1, 0.15) is 5.82 Å². The lowest BCUT2D eigenvalue weighted by Crippen LogP contribution is -2.13. The van der Waals surface area contributed by atoms with Crippen molar-refractivity contribution in [1.29, 1.82) is 0 Å². The maximum absolute atomic E-state index is 12.9. The lowest BCUT2D eigenvalue weighted by Gasteiger charge is -2.02. The molecular formula is C20H17FN2O3S2. The summed E-state index contributed by atoms with van der Waals surface area (Å²) < 4.78 is 23.7. The number of carbonyl (C=O) groups excluding carboxylic acids is 1. The first-order chi connectivity index (χ1) is 13.6. The van der Waals surface area contributed by atoms with Crippen LogP contribution in [0.4, 0.5) is 9.52 Å². The minimum Gasteiger partial charge on any atom is -0.454 e. The lowest BCUT2D eigenvalue weighted by molar-refractivity contribution is -0.113. The average Bonchev–Trinajstić information content (AvgIpc) is 3.27. The zero-order valence-corrected chi connectivity index (χ0v) is 16.7. The van der Waals surface area contributed by atoms with Gasteiger partial charge in [0, 0.05) is 16.2 Å². The van der Waals surface area contributed by atoms with Gasteiger partial charge in [0.25, 0.3) is 0 Å². The van der Waals surface area contributed by atoms with Crippen LogP contribution in [-0.2, 0) is 11.2 Å². The van der Waals surface area contributed by atoms with E-state index in [2.05, 4.69) is 10.3 Å². The predicted molar refractivity (Wildman–Crippen MR) is 108 cm³/mol. The molecule has 5 nitrogen and oxygen atoms in total. The molecule has 1 aliphatic heterocycles. The summed E-state index contributed by atoms with van der Waals surface area (Å²) >= 11 is 2.82. The molecule has 0 fully saturated rings. The van der Waals surface area contributed by atoms with Gasteiger partial charge >= 0.3 is 0 Å². The normalized spacial score (nSPS) is 12.2. The van der Waals surface area contributed by atoms with Gasteiger partial charge in [0.2, 0.25) is 12.7 Å². The summed E-state index contributed by atoms with van der Waals surface area (Å²) in [6.07, 6.45) is 0.709. The number of benzene rings is 2. The maximum Gasteiger partial charge on any atom is 0.236 e. The summed E-state index contributed by atoms with van der Waals surface area (Å²) in [5, 5.41) is 3.42. The smallest absolute Gasteiger partial charge is 0.236 e. The van der Waals surface area contributed by atoms with Gasteiger partial charge < -0.3 is 14.8 Å². The van der Waals surface area contributed by atoms with E-state index in [1.165, 1.54) is 35.2 Å². The molecule has 0 radical (unpaired) electrons. The van der Waals surface area contributed by atoms with Crippen LogP contribution in [0, 0.1) is 12.7 Å².